The number of hydrogen-bond acceptors (Lipinski definition) is 4. The first-order valence-electron chi connectivity index (χ1n) is 3.68. The van der Waals surface area contributed by atoms with E-state index in [1.165, 1.54) is 0 Å². The number of nitrogens with one attached hydrogen (secondary N) is 1. The van der Waals surface area contributed by atoms with E-state index in [4.69, 9.17) is 17.4 Å². The van der Waals surface area contributed by atoms with Crippen LogP contribution in [0.15, 0.2) is 24.4 Å². The van der Waals surface area contributed by atoms with Crippen LogP contribution in [-0.2, 0) is 0 Å². The fourth-order valence-corrected chi connectivity index (χ4v) is 1.22. The molecule has 0 fully saturated rings. The number of benzene rings is 1. The number of halogens is 1. The van der Waals surface area contributed by atoms with E-state index in [2.05, 4.69) is 15.4 Å². The summed E-state index contributed by atoms with van der Waals surface area (Å²) in [6, 6.07) is 5.31. The van der Waals surface area contributed by atoms with Crippen molar-refractivity contribution >= 4 is 28.5 Å². The summed E-state index contributed by atoms with van der Waals surface area (Å²) in [6.45, 7) is 0. The molecule has 0 radical (unpaired) electrons. The summed E-state index contributed by atoms with van der Waals surface area (Å²) in [5.41, 5.74) is 3.95. The molecule has 2 rings (SSSR count). The number of rotatable bonds is 1. The minimum atomic E-state index is 0.537. The largest absolute Gasteiger partial charge is 0.307 e. The molecule has 66 valence electrons. The Balaban J connectivity index is 2.66. The topological polar surface area (TPSA) is 63.8 Å². The third-order valence-corrected chi connectivity index (χ3v) is 1.89. The van der Waals surface area contributed by atoms with Crippen LogP contribution < -0.4 is 11.3 Å². The predicted octanol–water partition coefficient (Wildman–Crippen LogP) is 1.57. The molecule has 1 aromatic carbocycles. The number of hydrogen-bond donors (Lipinski definition) is 2. The zero-order chi connectivity index (χ0) is 9.26. The molecule has 2 aromatic rings. The van der Waals surface area contributed by atoms with Gasteiger partial charge in [-0.15, -0.1) is 0 Å². The van der Waals surface area contributed by atoms with Gasteiger partial charge < -0.3 is 5.43 Å². The van der Waals surface area contributed by atoms with Gasteiger partial charge in [0.25, 0.3) is 0 Å². The van der Waals surface area contributed by atoms with Gasteiger partial charge in [0, 0.05) is 5.02 Å². The average Bonchev–Trinajstić information content (AvgIpc) is 2.17. The summed E-state index contributed by atoms with van der Waals surface area (Å²) in [7, 11) is 0. The lowest BCUT2D eigenvalue weighted by Crippen LogP contribution is -2.08. The van der Waals surface area contributed by atoms with Gasteiger partial charge in [-0.1, -0.05) is 11.6 Å². The van der Waals surface area contributed by atoms with Crippen molar-refractivity contribution in [1.29, 1.82) is 0 Å². The Kier molecular flexibility index (Phi) is 2.00. The van der Waals surface area contributed by atoms with Crippen LogP contribution in [-0.4, -0.2) is 9.97 Å². The van der Waals surface area contributed by atoms with E-state index in [1.54, 1.807) is 24.4 Å². The molecule has 0 spiro atoms. The fourth-order valence-electron chi connectivity index (χ4n) is 1.05. The van der Waals surface area contributed by atoms with Crippen molar-refractivity contribution in [2.45, 2.75) is 0 Å². The van der Waals surface area contributed by atoms with Crippen LogP contribution >= 0.6 is 11.6 Å². The lowest BCUT2D eigenvalue weighted by atomic mass is 10.3. The third-order valence-electron chi connectivity index (χ3n) is 1.65. The van der Waals surface area contributed by atoms with Crippen molar-refractivity contribution < 1.29 is 0 Å². The van der Waals surface area contributed by atoms with Gasteiger partial charge in [0.15, 0.2) is 5.82 Å². The summed E-state index contributed by atoms with van der Waals surface area (Å²) in [5.74, 6) is 5.73. The van der Waals surface area contributed by atoms with E-state index in [1.807, 2.05) is 0 Å². The van der Waals surface area contributed by atoms with Crippen LogP contribution in [0.3, 0.4) is 0 Å². The first-order valence-corrected chi connectivity index (χ1v) is 4.06. The van der Waals surface area contributed by atoms with Crippen molar-refractivity contribution in [3.8, 4) is 0 Å². The van der Waals surface area contributed by atoms with Crippen molar-refractivity contribution in [2.24, 2.45) is 5.84 Å². The zero-order valence-corrected chi connectivity index (χ0v) is 7.42. The van der Waals surface area contributed by atoms with Crippen molar-refractivity contribution in [3.63, 3.8) is 0 Å². The normalized spacial score (nSPS) is 10.3. The number of nitrogen functional groups attached to an aromatic ring is 1. The van der Waals surface area contributed by atoms with Crippen LogP contribution in [0.5, 0.6) is 0 Å². The molecule has 4 nitrogen and oxygen atoms in total. The molecular formula is C8H7ClN4. The molecule has 1 aromatic heterocycles. The predicted molar refractivity (Wildman–Crippen MR) is 52.4 cm³/mol. The van der Waals surface area contributed by atoms with E-state index < -0.39 is 0 Å². The number of hydrazine groups is 1. The van der Waals surface area contributed by atoms with Crippen molar-refractivity contribution in [1.82, 2.24) is 9.97 Å². The second-order valence-corrected chi connectivity index (χ2v) is 2.97. The molecule has 13 heavy (non-hydrogen) atoms. The smallest absolute Gasteiger partial charge is 0.159 e. The molecular weight excluding hydrogens is 188 g/mol. The highest BCUT2D eigenvalue weighted by Gasteiger charge is 1.98. The Morgan fingerprint density at radius 1 is 1.31 bits per heavy atom. The maximum absolute atomic E-state index is 5.78. The fraction of sp³-hybridized carbons (Fsp3) is 0. The summed E-state index contributed by atoms with van der Waals surface area (Å²) < 4.78 is 0. The summed E-state index contributed by atoms with van der Waals surface area (Å²) in [4.78, 5) is 8.30. The van der Waals surface area contributed by atoms with E-state index in [-0.39, 0.29) is 0 Å². The van der Waals surface area contributed by atoms with Crippen LogP contribution in [0.2, 0.25) is 5.02 Å². The highest BCUT2D eigenvalue weighted by Crippen LogP contribution is 2.16. The Hall–Kier alpha value is -1.39. The molecule has 3 N–H and O–H groups in total. The molecule has 0 atom stereocenters. The Bertz CT molecular complexity index is 443. The number of nitrogens with two attached hydrogens (primary N) is 1. The molecule has 0 amide bonds. The number of anilines is 1. The minimum Gasteiger partial charge on any atom is -0.307 e. The summed E-state index contributed by atoms with van der Waals surface area (Å²) >= 11 is 5.78. The lowest BCUT2D eigenvalue weighted by Gasteiger charge is -2.00. The SMILES string of the molecule is NNc1cnc2cc(Cl)ccc2n1. The highest BCUT2D eigenvalue weighted by molar-refractivity contribution is 6.31. The van der Waals surface area contributed by atoms with Gasteiger partial charge >= 0.3 is 0 Å². The van der Waals surface area contributed by atoms with E-state index >= 15 is 0 Å². The monoisotopic (exact) mass is 194 g/mol. The Morgan fingerprint density at radius 3 is 2.92 bits per heavy atom. The van der Waals surface area contributed by atoms with Crippen molar-refractivity contribution in [2.75, 3.05) is 5.43 Å². The third kappa shape index (κ3) is 1.54. The molecule has 0 aliphatic carbocycles. The molecule has 0 saturated carbocycles. The van der Waals surface area contributed by atoms with Gasteiger partial charge in [0.1, 0.15) is 0 Å². The second kappa shape index (κ2) is 3.16. The van der Waals surface area contributed by atoms with Gasteiger partial charge in [-0.25, -0.2) is 10.8 Å². The number of aromatic nitrogens is 2. The van der Waals surface area contributed by atoms with Crippen LogP contribution in [0.25, 0.3) is 11.0 Å². The second-order valence-electron chi connectivity index (χ2n) is 2.53. The Labute approximate surface area is 79.7 Å². The minimum absolute atomic E-state index is 0.537. The molecule has 0 aliphatic heterocycles. The first-order chi connectivity index (χ1) is 6.29. The van der Waals surface area contributed by atoms with Gasteiger partial charge in [-0.05, 0) is 18.2 Å². The maximum atomic E-state index is 5.78. The van der Waals surface area contributed by atoms with E-state index in [0.29, 0.717) is 10.8 Å². The molecule has 0 saturated heterocycles. The first kappa shape index (κ1) is 8.22. The molecule has 0 aliphatic rings. The molecule has 1 heterocycles. The van der Waals surface area contributed by atoms with E-state index in [9.17, 15) is 0 Å². The van der Waals surface area contributed by atoms with Gasteiger partial charge in [0.2, 0.25) is 0 Å². The van der Waals surface area contributed by atoms with Gasteiger partial charge in [0.05, 0.1) is 17.2 Å². The van der Waals surface area contributed by atoms with Crippen LogP contribution in [0.1, 0.15) is 0 Å². The summed E-state index contributed by atoms with van der Waals surface area (Å²) in [6.07, 6.45) is 1.55. The summed E-state index contributed by atoms with van der Waals surface area (Å²) in [5, 5.41) is 0.648. The van der Waals surface area contributed by atoms with Gasteiger partial charge in [-0.3, -0.25) is 4.98 Å². The standard InChI is InChI=1S/C8H7ClN4/c9-5-1-2-6-7(3-5)11-4-8(12-6)13-10/h1-4H,10H2,(H,12,13). The lowest BCUT2D eigenvalue weighted by molar-refractivity contribution is 1.22. The Morgan fingerprint density at radius 2 is 2.15 bits per heavy atom. The van der Waals surface area contributed by atoms with Crippen LogP contribution in [0, 0.1) is 0 Å². The van der Waals surface area contributed by atoms with Crippen LogP contribution in [0.4, 0.5) is 5.82 Å². The molecule has 0 bridgehead atoms. The quantitative estimate of drug-likeness (QED) is 0.534. The molecule has 5 heteroatoms. The molecule has 0 unspecified atom stereocenters. The van der Waals surface area contributed by atoms with Gasteiger partial charge in [-0.2, -0.15) is 0 Å². The number of nitrogens with zero attached hydrogens (tertiary/aromatic N) is 2. The average molecular weight is 195 g/mol. The van der Waals surface area contributed by atoms with Crippen molar-refractivity contribution in [3.05, 3.63) is 29.4 Å². The maximum Gasteiger partial charge on any atom is 0.159 e. The highest BCUT2D eigenvalue weighted by atomic mass is 35.5. The zero-order valence-electron chi connectivity index (χ0n) is 6.66. The van der Waals surface area contributed by atoms with E-state index in [0.717, 1.165) is 11.0 Å². The number of fused-ring (bicyclic) bond motifs is 1.